The normalized spacial score (nSPS) is 15.3. The van der Waals surface area contributed by atoms with E-state index in [0.29, 0.717) is 0 Å². The van der Waals surface area contributed by atoms with E-state index in [-0.39, 0.29) is 17.7 Å². The third kappa shape index (κ3) is 4.86. The molecule has 3 aromatic carbocycles. The molecule has 2 heterocycles. The predicted octanol–water partition coefficient (Wildman–Crippen LogP) is 5.70. The summed E-state index contributed by atoms with van der Waals surface area (Å²) < 4.78 is 2.11. The Labute approximate surface area is 204 Å². The average molecular weight is 472 g/mol. The molecule has 1 aliphatic rings. The van der Waals surface area contributed by atoms with Crippen LogP contribution in [0.4, 0.5) is 5.69 Å². The van der Waals surface area contributed by atoms with Crippen LogP contribution in [-0.2, 0) is 4.79 Å². The molecule has 0 aliphatic carbocycles. The van der Waals surface area contributed by atoms with Crippen molar-refractivity contribution in [3.8, 4) is 5.69 Å². The first-order chi connectivity index (χ1) is 16.7. The minimum atomic E-state index is -0.0606. The van der Waals surface area contributed by atoms with Crippen LogP contribution in [0.5, 0.6) is 0 Å². The number of thioether (sulfide) groups is 1. The zero-order valence-corrected chi connectivity index (χ0v) is 20.2. The first-order valence-electron chi connectivity index (χ1n) is 11.9. The van der Waals surface area contributed by atoms with Gasteiger partial charge in [0.05, 0.1) is 11.8 Å². The first-order valence-corrected chi connectivity index (χ1v) is 12.8. The number of nitrogens with one attached hydrogen (secondary N) is 1. The molecule has 5 rings (SSSR count). The van der Waals surface area contributed by atoms with Gasteiger partial charge in [-0.3, -0.25) is 14.3 Å². The molecule has 6 nitrogen and oxygen atoms in total. The van der Waals surface area contributed by atoms with Crippen molar-refractivity contribution >= 4 is 34.1 Å². The van der Waals surface area contributed by atoms with Crippen LogP contribution in [-0.4, -0.2) is 44.4 Å². The number of anilines is 1. The molecule has 0 spiro atoms. The van der Waals surface area contributed by atoms with E-state index in [2.05, 4.69) is 44.0 Å². The number of carbonyl (C=O) groups is 1. The maximum absolute atomic E-state index is 12.9. The van der Waals surface area contributed by atoms with E-state index in [1.807, 2.05) is 60.7 Å². The Hall–Kier alpha value is -3.16. The highest BCUT2D eigenvalue weighted by Crippen LogP contribution is 2.30. The van der Waals surface area contributed by atoms with E-state index < -0.39 is 0 Å². The molecule has 1 saturated heterocycles. The van der Waals surface area contributed by atoms with Crippen LogP contribution in [0.25, 0.3) is 16.5 Å². The third-order valence-corrected chi connectivity index (χ3v) is 7.31. The third-order valence-electron chi connectivity index (χ3n) is 6.38. The number of fused-ring (bicyclic) bond motifs is 1. The van der Waals surface area contributed by atoms with Gasteiger partial charge in [0.15, 0.2) is 11.0 Å². The van der Waals surface area contributed by atoms with Crippen LogP contribution in [0, 0.1) is 0 Å². The second kappa shape index (κ2) is 10.4. The standard InChI is InChI=1S/C27H29N5OS/c1-20(31-17-8-3-9-18-31)26-29-30-27(32(26)22-13-4-2-5-14-22)34-19-25(33)28-24-16-10-12-21-11-6-7-15-23(21)24/h2,4-7,10-16,20H,3,8-9,17-19H2,1H3,(H,28,33)/t20-/m1/s1. The molecule has 1 fully saturated rings. The molecular weight excluding hydrogens is 442 g/mol. The zero-order chi connectivity index (χ0) is 23.3. The fourth-order valence-electron chi connectivity index (χ4n) is 4.58. The van der Waals surface area contributed by atoms with Crippen molar-refractivity contribution in [3.63, 3.8) is 0 Å². The molecule has 1 atom stereocenters. The van der Waals surface area contributed by atoms with Crippen molar-refractivity contribution in [1.29, 1.82) is 0 Å². The smallest absolute Gasteiger partial charge is 0.234 e. The SMILES string of the molecule is C[C@H](c1nnc(SCC(=O)Nc2cccc3ccccc23)n1-c1ccccc1)N1CCCCC1. The molecule has 4 aromatic rings. The lowest BCUT2D eigenvalue weighted by molar-refractivity contribution is -0.113. The number of benzene rings is 3. The van der Waals surface area contributed by atoms with Crippen LogP contribution in [0.1, 0.15) is 38.1 Å². The number of amides is 1. The minimum Gasteiger partial charge on any atom is -0.325 e. The van der Waals surface area contributed by atoms with Gasteiger partial charge in [-0.2, -0.15) is 0 Å². The van der Waals surface area contributed by atoms with Gasteiger partial charge in [-0.15, -0.1) is 10.2 Å². The Morgan fingerprint density at radius 3 is 2.50 bits per heavy atom. The Morgan fingerprint density at radius 1 is 0.941 bits per heavy atom. The van der Waals surface area contributed by atoms with Crippen LogP contribution >= 0.6 is 11.8 Å². The molecule has 1 aliphatic heterocycles. The van der Waals surface area contributed by atoms with E-state index in [1.165, 1.54) is 31.0 Å². The van der Waals surface area contributed by atoms with Crippen molar-refractivity contribution in [3.05, 3.63) is 78.6 Å². The lowest BCUT2D eigenvalue weighted by Crippen LogP contribution is -2.33. The maximum atomic E-state index is 12.9. The highest BCUT2D eigenvalue weighted by Gasteiger charge is 2.25. The van der Waals surface area contributed by atoms with Gasteiger partial charge < -0.3 is 5.32 Å². The van der Waals surface area contributed by atoms with Crippen LogP contribution in [0.15, 0.2) is 78.0 Å². The van der Waals surface area contributed by atoms with Crippen LogP contribution < -0.4 is 5.32 Å². The van der Waals surface area contributed by atoms with Gasteiger partial charge in [0.2, 0.25) is 5.91 Å². The molecule has 34 heavy (non-hydrogen) atoms. The van der Waals surface area contributed by atoms with Crippen LogP contribution in [0.2, 0.25) is 0 Å². The Morgan fingerprint density at radius 2 is 1.68 bits per heavy atom. The summed E-state index contributed by atoms with van der Waals surface area (Å²) in [6.45, 7) is 4.37. The number of hydrogen-bond acceptors (Lipinski definition) is 5. The number of nitrogens with zero attached hydrogens (tertiary/aromatic N) is 4. The van der Waals surface area contributed by atoms with E-state index >= 15 is 0 Å². The van der Waals surface area contributed by atoms with Crippen molar-refractivity contribution in [1.82, 2.24) is 19.7 Å². The summed E-state index contributed by atoms with van der Waals surface area (Å²) in [5.41, 5.74) is 1.84. The second-order valence-corrected chi connectivity index (χ2v) is 9.59. The summed E-state index contributed by atoms with van der Waals surface area (Å²) in [4.78, 5) is 15.3. The second-order valence-electron chi connectivity index (χ2n) is 8.65. The Bertz CT molecular complexity index is 1260. The van der Waals surface area contributed by atoms with E-state index in [0.717, 1.165) is 46.2 Å². The van der Waals surface area contributed by atoms with Crippen molar-refractivity contribution in [2.24, 2.45) is 0 Å². The number of para-hydroxylation sites is 1. The van der Waals surface area contributed by atoms with E-state index in [1.54, 1.807) is 0 Å². The molecule has 0 bridgehead atoms. The lowest BCUT2D eigenvalue weighted by atomic mass is 10.1. The summed E-state index contributed by atoms with van der Waals surface area (Å²) in [7, 11) is 0. The van der Waals surface area contributed by atoms with Gasteiger partial charge in [-0.05, 0) is 56.4 Å². The highest BCUT2D eigenvalue weighted by atomic mass is 32.2. The molecular formula is C27H29N5OS. The molecule has 0 unspecified atom stereocenters. The number of likely N-dealkylation sites (tertiary alicyclic amines) is 1. The largest absolute Gasteiger partial charge is 0.325 e. The van der Waals surface area contributed by atoms with Crippen molar-refractivity contribution < 1.29 is 4.79 Å². The predicted molar refractivity (Wildman–Crippen MR) is 138 cm³/mol. The highest BCUT2D eigenvalue weighted by molar-refractivity contribution is 7.99. The van der Waals surface area contributed by atoms with Gasteiger partial charge in [0.25, 0.3) is 0 Å². The number of carbonyl (C=O) groups excluding carboxylic acids is 1. The topological polar surface area (TPSA) is 63.1 Å². The molecule has 1 aromatic heterocycles. The molecule has 1 amide bonds. The summed E-state index contributed by atoms with van der Waals surface area (Å²) in [5.74, 6) is 1.12. The molecule has 174 valence electrons. The minimum absolute atomic E-state index is 0.0606. The quantitative estimate of drug-likeness (QED) is 0.351. The van der Waals surface area contributed by atoms with Crippen molar-refractivity contribution in [2.75, 3.05) is 24.2 Å². The van der Waals surface area contributed by atoms with Gasteiger partial charge >= 0.3 is 0 Å². The summed E-state index contributed by atoms with van der Waals surface area (Å²) in [6, 6.07) is 24.4. The fourth-order valence-corrected chi connectivity index (χ4v) is 5.34. The van der Waals surface area contributed by atoms with Crippen LogP contribution in [0.3, 0.4) is 0 Å². The van der Waals surface area contributed by atoms with E-state index in [4.69, 9.17) is 0 Å². The molecule has 7 heteroatoms. The monoisotopic (exact) mass is 471 g/mol. The van der Waals surface area contributed by atoms with Crippen molar-refractivity contribution in [2.45, 2.75) is 37.4 Å². The number of aromatic nitrogens is 3. The number of hydrogen-bond donors (Lipinski definition) is 1. The van der Waals surface area contributed by atoms with Gasteiger partial charge in [0.1, 0.15) is 0 Å². The summed E-state index contributed by atoms with van der Waals surface area (Å²) >= 11 is 1.42. The zero-order valence-electron chi connectivity index (χ0n) is 19.4. The first kappa shape index (κ1) is 22.6. The molecule has 0 saturated carbocycles. The lowest BCUT2D eigenvalue weighted by Gasteiger charge is -2.31. The average Bonchev–Trinajstić information content (AvgIpc) is 3.32. The van der Waals surface area contributed by atoms with Gasteiger partial charge in [-0.25, -0.2) is 0 Å². The number of piperidine rings is 1. The summed E-state index contributed by atoms with van der Waals surface area (Å²) in [6.07, 6.45) is 3.74. The Balaban J connectivity index is 1.36. The van der Waals surface area contributed by atoms with E-state index in [9.17, 15) is 4.79 Å². The van der Waals surface area contributed by atoms with Gasteiger partial charge in [0, 0.05) is 16.8 Å². The molecule has 0 radical (unpaired) electrons. The maximum Gasteiger partial charge on any atom is 0.234 e. The van der Waals surface area contributed by atoms with Gasteiger partial charge in [-0.1, -0.05) is 72.8 Å². The fraction of sp³-hybridized carbons (Fsp3) is 0.296. The Kier molecular flexibility index (Phi) is 6.92. The molecule has 1 N–H and O–H groups in total. The number of rotatable bonds is 7. The summed E-state index contributed by atoms with van der Waals surface area (Å²) in [5, 5.41) is 15.0.